The van der Waals surface area contributed by atoms with E-state index in [1.54, 1.807) is 24.3 Å². The van der Waals surface area contributed by atoms with Crippen molar-refractivity contribution in [1.29, 1.82) is 0 Å². The molecule has 0 bridgehead atoms. The molecule has 0 aliphatic rings. The summed E-state index contributed by atoms with van der Waals surface area (Å²) in [5.74, 6) is -0.715. The van der Waals surface area contributed by atoms with Crippen LogP contribution in [0.5, 0.6) is 0 Å². The van der Waals surface area contributed by atoms with E-state index >= 15 is 0 Å². The van der Waals surface area contributed by atoms with Crippen LogP contribution in [0.4, 0.5) is 11.4 Å². The van der Waals surface area contributed by atoms with E-state index in [0.717, 1.165) is 16.8 Å². The number of hydrogen-bond donors (Lipinski definition) is 2. The van der Waals surface area contributed by atoms with Crippen molar-refractivity contribution in [2.75, 3.05) is 24.3 Å². The third kappa shape index (κ3) is 4.10. The zero-order valence-corrected chi connectivity index (χ0v) is 13.5. The van der Waals surface area contributed by atoms with Gasteiger partial charge in [0.25, 0.3) is 0 Å². The molecule has 1 amide bonds. The van der Waals surface area contributed by atoms with E-state index in [1.807, 2.05) is 32.0 Å². The van der Waals surface area contributed by atoms with Crippen LogP contribution in [0.2, 0.25) is 0 Å². The second-order valence-electron chi connectivity index (χ2n) is 5.21. The fourth-order valence-corrected chi connectivity index (χ4v) is 2.34. The lowest BCUT2D eigenvalue weighted by Crippen LogP contribution is -2.23. The molecular formula is C18H20N2O3. The highest BCUT2D eigenvalue weighted by atomic mass is 16.5. The maximum Gasteiger partial charge on any atom is 0.339 e. The minimum atomic E-state index is -0.483. The van der Waals surface area contributed by atoms with Gasteiger partial charge in [-0.1, -0.05) is 30.3 Å². The molecule has 0 spiro atoms. The van der Waals surface area contributed by atoms with Gasteiger partial charge >= 0.3 is 5.97 Å². The molecule has 0 saturated heterocycles. The fourth-order valence-electron chi connectivity index (χ4n) is 2.34. The summed E-state index contributed by atoms with van der Waals surface area (Å²) in [7, 11) is 1.31. The first-order valence-corrected chi connectivity index (χ1v) is 7.30. The van der Waals surface area contributed by atoms with Crippen LogP contribution in [0.1, 0.15) is 21.5 Å². The quantitative estimate of drug-likeness (QED) is 0.832. The fraction of sp³-hybridized carbons (Fsp3) is 0.222. The van der Waals surface area contributed by atoms with Gasteiger partial charge in [0.1, 0.15) is 0 Å². The number of nitrogens with one attached hydrogen (secondary N) is 2. The molecule has 5 heteroatoms. The van der Waals surface area contributed by atoms with E-state index in [0.29, 0.717) is 11.3 Å². The number of amides is 1. The Bertz CT molecular complexity index is 706. The Kier molecular flexibility index (Phi) is 5.36. The average molecular weight is 312 g/mol. The summed E-state index contributed by atoms with van der Waals surface area (Å²) >= 11 is 0. The minimum absolute atomic E-state index is 0.112. The summed E-state index contributed by atoms with van der Waals surface area (Å²) in [6, 6.07) is 12.7. The molecule has 2 rings (SSSR count). The van der Waals surface area contributed by atoms with Gasteiger partial charge in [0.15, 0.2) is 0 Å². The number of carbonyl (C=O) groups excluding carboxylic acids is 2. The van der Waals surface area contributed by atoms with Crippen LogP contribution >= 0.6 is 0 Å². The lowest BCUT2D eigenvalue weighted by molar-refractivity contribution is -0.114. The summed E-state index contributed by atoms with van der Waals surface area (Å²) in [5.41, 5.74) is 3.87. The van der Waals surface area contributed by atoms with E-state index in [-0.39, 0.29) is 12.5 Å². The van der Waals surface area contributed by atoms with Crippen molar-refractivity contribution in [2.24, 2.45) is 0 Å². The molecule has 0 radical (unpaired) electrons. The minimum Gasteiger partial charge on any atom is -0.465 e. The Morgan fingerprint density at radius 1 is 1.00 bits per heavy atom. The summed E-state index contributed by atoms with van der Waals surface area (Å²) in [6.07, 6.45) is 0. The zero-order chi connectivity index (χ0) is 16.8. The molecule has 0 unspecified atom stereocenters. The Hall–Kier alpha value is -2.82. The number of ether oxygens (including phenoxy) is 1. The molecule has 2 aromatic rings. The van der Waals surface area contributed by atoms with Crippen LogP contribution in [0.3, 0.4) is 0 Å². The topological polar surface area (TPSA) is 67.4 Å². The van der Waals surface area contributed by atoms with E-state index < -0.39 is 5.97 Å². The number of carbonyl (C=O) groups is 2. The number of hydrogen-bond acceptors (Lipinski definition) is 4. The van der Waals surface area contributed by atoms with Gasteiger partial charge in [-0.05, 0) is 37.1 Å². The van der Waals surface area contributed by atoms with Crippen LogP contribution in [-0.4, -0.2) is 25.5 Å². The maximum atomic E-state index is 12.1. The van der Waals surface area contributed by atoms with Crippen molar-refractivity contribution < 1.29 is 14.3 Å². The molecule has 0 heterocycles. The van der Waals surface area contributed by atoms with E-state index in [2.05, 4.69) is 10.6 Å². The average Bonchev–Trinajstić information content (AvgIpc) is 2.54. The van der Waals surface area contributed by atoms with Crippen LogP contribution in [0, 0.1) is 13.8 Å². The standard InChI is InChI=1S/C18H20N2O3/c1-12-7-6-8-13(2)17(12)19-11-16(21)20-15-10-5-4-9-14(15)18(22)23-3/h4-10,19H,11H2,1-3H3,(H,20,21). The SMILES string of the molecule is COC(=O)c1ccccc1NC(=O)CNc1c(C)cccc1C. The van der Waals surface area contributed by atoms with Gasteiger partial charge in [0.2, 0.25) is 5.91 Å². The molecule has 120 valence electrons. The van der Waals surface area contributed by atoms with Crippen molar-refractivity contribution in [3.8, 4) is 0 Å². The summed E-state index contributed by atoms with van der Waals surface area (Å²) in [5, 5.41) is 5.87. The number of benzene rings is 2. The number of anilines is 2. The Balaban J connectivity index is 2.05. The number of aryl methyl sites for hydroxylation is 2. The number of esters is 1. The molecule has 0 atom stereocenters. The first-order valence-electron chi connectivity index (χ1n) is 7.30. The van der Waals surface area contributed by atoms with Crippen LogP contribution in [0.15, 0.2) is 42.5 Å². The van der Waals surface area contributed by atoms with Gasteiger partial charge in [0.05, 0.1) is 24.9 Å². The Morgan fingerprint density at radius 3 is 2.30 bits per heavy atom. The molecule has 0 aromatic heterocycles. The van der Waals surface area contributed by atoms with Crippen LogP contribution < -0.4 is 10.6 Å². The Morgan fingerprint density at radius 2 is 1.65 bits per heavy atom. The van der Waals surface area contributed by atoms with Crippen molar-refractivity contribution >= 4 is 23.3 Å². The van der Waals surface area contributed by atoms with Gasteiger partial charge in [-0.2, -0.15) is 0 Å². The normalized spacial score (nSPS) is 10.0. The molecule has 2 N–H and O–H groups in total. The number of para-hydroxylation sites is 2. The largest absolute Gasteiger partial charge is 0.465 e. The highest BCUT2D eigenvalue weighted by molar-refractivity contribution is 6.02. The van der Waals surface area contributed by atoms with Crippen molar-refractivity contribution in [3.05, 3.63) is 59.2 Å². The van der Waals surface area contributed by atoms with Gasteiger partial charge < -0.3 is 15.4 Å². The van der Waals surface area contributed by atoms with Crippen molar-refractivity contribution in [2.45, 2.75) is 13.8 Å². The number of methoxy groups -OCH3 is 1. The predicted octanol–water partition coefficient (Wildman–Crippen LogP) is 3.14. The molecule has 0 aliphatic heterocycles. The molecule has 2 aromatic carbocycles. The zero-order valence-electron chi connectivity index (χ0n) is 13.5. The third-order valence-corrected chi connectivity index (χ3v) is 3.51. The lowest BCUT2D eigenvalue weighted by atomic mass is 10.1. The van der Waals surface area contributed by atoms with Crippen LogP contribution in [0.25, 0.3) is 0 Å². The second kappa shape index (κ2) is 7.45. The van der Waals surface area contributed by atoms with Gasteiger partial charge in [-0.25, -0.2) is 4.79 Å². The first-order chi connectivity index (χ1) is 11.0. The monoisotopic (exact) mass is 312 g/mol. The van der Waals surface area contributed by atoms with E-state index in [9.17, 15) is 9.59 Å². The highest BCUT2D eigenvalue weighted by Crippen LogP contribution is 2.19. The molecule has 0 fully saturated rings. The van der Waals surface area contributed by atoms with Crippen LogP contribution in [-0.2, 0) is 9.53 Å². The summed E-state index contributed by atoms with van der Waals surface area (Å²) in [4.78, 5) is 23.8. The van der Waals surface area contributed by atoms with Gasteiger partial charge in [-0.15, -0.1) is 0 Å². The molecule has 0 saturated carbocycles. The molecular weight excluding hydrogens is 292 g/mol. The number of rotatable bonds is 5. The lowest BCUT2D eigenvalue weighted by Gasteiger charge is -2.13. The van der Waals surface area contributed by atoms with E-state index in [4.69, 9.17) is 4.74 Å². The second-order valence-corrected chi connectivity index (χ2v) is 5.21. The third-order valence-electron chi connectivity index (χ3n) is 3.51. The van der Waals surface area contributed by atoms with Crippen molar-refractivity contribution in [3.63, 3.8) is 0 Å². The summed E-state index contributed by atoms with van der Waals surface area (Å²) in [6.45, 7) is 4.08. The predicted molar refractivity (Wildman–Crippen MR) is 90.8 cm³/mol. The molecule has 0 aliphatic carbocycles. The van der Waals surface area contributed by atoms with Crippen molar-refractivity contribution in [1.82, 2.24) is 0 Å². The first kappa shape index (κ1) is 16.5. The molecule has 23 heavy (non-hydrogen) atoms. The molecule has 5 nitrogen and oxygen atoms in total. The Labute approximate surface area is 135 Å². The van der Waals surface area contributed by atoms with Gasteiger partial charge in [-0.3, -0.25) is 4.79 Å². The van der Waals surface area contributed by atoms with E-state index in [1.165, 1.54) is 7.11 Å². The smallest absolute Gasteiger partial charge is 0.339 e. The van der Waals surface area contributed by atoms with Gasteiger partial charge in [0, 0.05) is 5.69 Å². The summed E-state index contributed by atoms with van der Waals surface area (Å²) < 4.78 is 4.71. The highest BCUT2D eigenvalue weighted by Gasteiger charge is 2.13. The maximum absolute atomic E-state index is 12.1.